The minimum absolute atomic E-state index is 0.230. The Morgan fingerprint density at radius 2 is 1.00 bits per heavy atom. The van der Waals surface area contributed by atoms with Crippen molar-refractivity contribution in [2.45, 2.75) is 18.6 Å². The second-order valence-corrected chi connectivity index (χ2v) is 4.60. The summed E-state index contributed by atoms with van der Waals surface area (Å²) in [6.07, 6.45) is -1.23. The molecular weight excluding hydrogens is 240 g/mol. The summed E-state index contributed by atoms with van der Waals surface area (Å²) in [6, 6.07) is 14.0. The average molecular weight is 258 g/mol. The molecule has 0 fully saturated rings. The third kappa shape index (κ3) is 3.47. The largest absolute Gasteiger partial charge is 0.399 e. The van der Waals surface area contributed by atoms with E-state index in [4.69, 9.17) is 11.5 Å². The zero-order valence-electron chi connectivity index (χ0n) is 10.5. The first kappa shape index (κ1) is 13.4. The van der Waals surface area contributed by atoms with E-state index in [0.717, 1.165) is 11.1 Å². The van der Waals surface area contributed by atoms with Crippen molar-refractivity contribution < 1.29 is 10.2 Å². The summed E-state index contributed by atoms with van der Waals surface area (Å²) < 4.78 is 0. The van der Waals surface area contributed by atoms with Crippen LogP contribution in [0.5, 0.6) is 0 Å². The Labute approximate surface area is 112 Å². The topological polar surface area (TPSA) is 92.5 Å². The molecule has 0 saturated heterocycles. The highest BCUT2D eigenvalue weighted by atomic mass is 16.3. The van der Waals surface area contributed by atoms with E-state index >= 15 is 0 Å². The normalized spacial score (nSPS) is 14.0. The van der Waals surface area contributed by atoms with Crippen molar-refractivity contribution in [1.82, 2.24) is 0 Å². The second kappa shape index (κ2) is 5.73. The van der Waals surface area contributed by atoms with Crippen molar-refractivity contribution in [1.29, 1.82) is 0 Å². The number of hydrogen-bond donors (Lipinski definition) is 4. The monoisotopic (exact) mass is 258 g/mol. The third-order valence-corrected chi connectivity index (χ3v) is 3.09. The summed E-state index contributed by atoms with van der Waals surface area (Å²) in [7, 11) is 0. The zero-order valence-corrected chi connectivity index (χ0v) is 10.5. The Hall–Kier alpha value is -2.04. The van der Waals surface area contributed by atoms with E-state index < -0.39 is 12.2 Å². The van der Waals surface area contributed by atoms with E-state index in [1.807, 2.05) is 0 Å². The van der Waals surface area contributed by atoms with Gasteiger partial charge in [0.15, 0.2) is 0 Å². The lowest BCUT2D eigenvalue weighted by Crippen LogP contribution is -2.06. The maximum Gasteiger partial charge on any atom is 0.0818 e. The summed E-state index contributed by atoms with van der Waals surface area (Å²) in [5.74, 6) is 0. The number of nitrogens with two attached hydrogens (primary N) is 2. The molecule has 4 nitrogen and oxygen atoms in total. The van der Waals surface area contributed by atoms with Gasteiger partial charge in [-0.15, -0.1) is 0 Å². The molecular formula is C15H18N2O2. The van der Waals surface area contributed by atoms with Crippen molar-refractivity contribution in [3.05, 3.63) is 59.7 Å². The van der Waals surface area contributed by atoms with Gasteiger partial charge in [-0.25, -0.2) is 0 Å². The number of hydrogen-bond acceptors (Lipinski definition) is 4. The number of benzene rings is 2. The SMILES string of the molecule is Nc1ccc([C@@H](O)C[C@H](O)c2ccc(N)cc2)cc1. The van der Waals surface area contributed by atoms with E-state index in [9.17, 15) is 10.2 Å². The quantitative estimate of drug-likeness (QED) is 0.631. The molecule has 0 aliphatic heterocycles. The summed E-state index contributed by atoms with van der Waals surface area (Å²) in [4.78, 5) is 0. The molecule has 0 aromatic heterocycles. The highest BCUT2D eigenvalue weighted by Gasteiger charge is 2.15. The first-order chi connectivity index (χ1) is 9.06. The molecule has 0 aliphatic rings. The Kier molecular flexibility index (Phi) is 4.04. The molecule has 0 unspecified atom stereocenters. The summed E-state index contributed by atoms with van der Waals surface area (Å²) >= 11 is 0. The van der Waals surface area contributed by atoms with E-state index in [-0.39, 0.29) is 6.42 Å². The van der Waals surface area contributed by atoms with Gasteiger partial charge in [-0.1, -0.05) is 24.3 Å². The molecule has 0 amide bonds. The molecule has 6 N–H and O–H groups in total. The van der Waals surface area contributed by atoms with E-state index in [0.29, 0.717) is 11.4 Å². The average Bonchev–Trinajstić information content (AvgIpc) is 2.40. The Bertz CT molecular complexity index is 473. The summed E-state index contributed by atoms with van der Waals surface area (Å²) in [6.45, 7) is 0. The smallest absolute Gasteiger partial charge is 0.0818 e. The van der Waals surface area contributed by atoms with Gasteiger partial charge in [-0.2, -0.15) is 0 Å². The van der Waals surface area contributed by atoms with Crippen LogP contribution in [-0.2, 0) is 0 Å². The van der Waals surface area contributed by atoms with Gasteiger partial charge in [0.25, 0.3) is 0 Å². The molecule has 19 heavy (non-hydrogen) atoms. The molecule has 0 saturated carbocycles. The lowest BCUT2D eigenvalue weighted by molar-refractivity contribution is 0.0804. The van der Waals surface area contributed by atoms with Crippen LogP contribution in [0.1, 0.15) is 29.8 Å². The van der Waals surface area contributed by atoms with Gasteiger partial charge in [-0.05, 0) is 35.4 Å². The fourth-order valence-corrected chi connectivity index (χ4v) is 1.92. The van der Waals surface area contributed by atoms with Crippen molar-refractivity contribution in [2.75, 3.05) is 11.5 Å². The number of nitrogen functional groups attached to an aromatic ring is 2. The van der Waals surface area contributed by atoms with Crippen molar-refractivity contribution >= 4 is 11.4 Å². The molecule has 0 bridgehead atoms. The Morgan fingerprint density at radius 3 is 1.32 bits per heavy atom. The van der Waals surface area contributed by atoms with Gasteiger partial charge in [0.2, 0.25) is 0 Å². The van der Waals surface area contributed by atoms with Gasteiger partial charge in [-0.3, -0.25) is 0 Å². The number of anilines is 2. The number of rotatable bonds is 4. The molecule has 2 aromatic rings. The molecule has 2 atom stereocenters. The van der Waals surface area contributed by atoms with Crippen molar-refractivity contribution in [2.24, 2.45) is 0 Å². The molecule has 0 aliphatic carbocycles. The second-order valence-electron chi connectivity index (χ2n) is 4.60. The number of aliphatic hydroxyl groups is 2. The van der Waals surface area contributed by atoms with Crippen LogP contribution in [0.2, 0.25) is 0 Å². The predicted molar refractivity (Wildman–Crippen MR) is 76.2 cm³/mol. The summed E-state index contributed by atoms with van der Waals surface area (Å²) in [5.41, 5.74) is 14.0. The maximum absolute atomic E-state index is 10.1. The van der Waals surface area contributed by atoms with E-state index in [1.165, 1.54) is 0 Å². The lowest BCUT2D eigenvalue weighted by Gasteiger charge is -2.16. The summed E-state index contributed by atoms with van der Waals surface area (Å²) in [5, 5.41) is 20.1. The molecule has 4 heteroatoms. The minimum Gasteiger partial charge on any atom is -0.399 e. The molecule has 2 aromatic carbocycles. The van der Waals surface area contributed by atoms with E-state index in [1.54, 1.807) is 48.5 Å². The highest BCUT2D eigenvalue weighted by Crippen LogP contribution is 2.27. The first-order valence-corrected chi connectivity index (χ1v) is 6.13. The van der Waals surface area contributed by atoms with Crippen molar-refractivity contribution in [3.8, 4) is 0 Å². The Balaban J connectivity index is 2.03. The van der Waals surface area contributed by atoms with Gasteiger partial charge in [0.1, 0.15) is 0 Å². The van der Waals surface area contributed by atoms with Crippen LogP contribution in [0.4, 0.5) is 11.4 Å². The predicted octanol–water partition coefficient (Wildman–Crippen LogP) is 2.01. The van der Waals surface area contributed by atoms with E-state index in [2.05, 4.69) is 0 Å². The zero-order chi connectivity index (χ0) is 13.8. The standard InChI is InChI=1S/C15H18N2O2/c16-12-5-1-10(2-6-12)14(18)9-15(19)11-3-7-13(17)8-4-11/h1-8,14-15,18-19H,9,16-17H2/t14-,15-/m0/s1. The van der Waals surface area contributed by atoms with Crippen LogP contribution in [-0.4, -0.2) is 10.2 Å². The third-order valence-electron chi connectivity index (χ3n) is 3.09. The molecule has 0 spiro atoms. The maximum atomic E-state index is 10.1. The fraction of sp³-hybridized carbons (Fsp3) is 0.200. The van der Waals surface area contributed by atoms with Crippen molar-refractivity contribution in [3.63, 3.8) is 0 Å². The Morgan fingerprint density at radius 1 is 0.684 bits per heavy atom. The molecule has 100 valence electrons. The van der Waals surface area contributed by atoms with Crippen LogP contribution in [0.3, 0.4) is 0 Å². The van der Waals surface area contributed by atoms with Gasteiger partial charge >= 0.3 is 0 Å². The molecule has 0 radical (unpaired) electrons. The molecule has 0 heterocycles. The lowest BCUT2D eigenvalue weighted by atomic mass is 9.98. The molecule has 2 rings (SSSR count). The van der Waals surface area contributed by atoms with Gasteiger partial charge < -0.3 is 21.7 Å². The first-order valence-electron chi connectivity index (χ1n) is 6.13. The van der Waals surface area contributed by atoms with Crippen LogP contribution in [0, 0.1) is 0 Å². The van der Waals surface area contributed by atoms with Crippen LogP contribution >= 0.6 is 0 Å². The van der Waals surface area contributed by atoms with Crippen LogP contribution in [0.15, 0.2) is 48.5 Å². The van der Waals surface area contributed by atoms with Crippen LogP contribution < -0.4 is 11.5 Å². The number of aliphatic hydroxyl groups excluding tert-OH is 2. The minimum atomic E-state index is -0.729. The fourth-order valence-electron chi connectivity index (χ4n) is 1.92. The highest BCUT2D eigenvalue weighted by molar-refractivity contribution is 5.41. The van der Waals surface area contributed by atoms with Gasteiger partial charge in [0.05, 0.1) is 12.2 Å². The van der Waals surface area contributed by atoms with Crippen LogP contribution in [0.25, 0.3) is 0 Å². The van der Waals surface area contributed by atoms with Gasteiger partial charge in [0, 0.05) is 17.8 Å².